The SMILES string of the molecule is CCSc1ccccc1NC(=O)C1CC1C(=O)O. The minimum atomic E-state index is -0.883. The minimum Gasteiger partial charge on any atom is -0.481 e. The van der Waals surface area contributed by atoms with Crippen molar-refractivity contribution in [2.24, 2.45) is 11.8 Å². The van der Waals surface area contributed by atoms with Crippen LogP contribution >= 0.6 is 11.8 Å². The van der Waals surface area contributed by atoms with E-state index in [9.17, 15) is 9.59 Å². The number of carboxylic acid groups (broad SMARTS) is 1. The molecule has 1 aromatic rings. The molecule has 5 heteroatoms. The van der Waals surface area contributed by atoms with E-state index in [0.29, 0.717) is 6.42 Å². The average Bonchev–Trinajstić information content (AvgIpc) is 3.12. The Labute approximate surface area is 110 Å². The van der Waals surface area contributed by atoms with Crippen molar-refractivity contribution in [3.8, 4) is 0 Å². The van der Waals surface area contributed by atoms with Crippen molar-refractivity contribution in [2.45, 2.75) is 18.2 Å². The lowest BCUT2D eigenvalue weighted by Crippen LogP contribution is -2.17. The quantitative estimate of drug-likeness (QED) is 0.803. The van der Waals surface area contributed by atoms with Gasteiger partial charge in [0.15, 0.2) is 0 Å². The number of amides is 1. The van der Waals surface area contributed by atoms with E-state index in [-0.39, 0.29) is 11.8 Å². The van der Waals surface area contributed by atoms with Crippen LogP contribution in [0.3, 0.4) is 0 Å². The van der Waals surface area contributed by atoms with Crippen LogP contribution in [0.15, 0.2) is 29.2 Å². The van der Waals surface area contributed by atoms with Gasteiger partial charge in [-0.1, -0.05) is 19.1 Å². The van der Waals surface area contributed by atoms with E-state index in [4.69, 9.17) is 5.11 Å². The normalized spacial score (nSPS) is 21.4. The fourth-order valence-electron chi connectivity index (χ4n) is 1.83. The van der Waals surface area contributed by atoms with Crippen LogP contribution in [-0.2, 0) is 9.59 Å². The summed E-state index contributed by atoms with van der Waals surface area (Å²) in [6, 6.07) is 7.57. The van der Waals surface area contributed by atoms with Crippen molar-refractivity contribution in [1.29, 1.82) is 0 Å². The smallest absolute Gasteiger partial charge is 0.307 e. The molecule has 0 heterocycles. The Balaban J connectivity index is 2.01. The Bertz CT molecular complexity index is 475. The highest BCUT2D eigenvalue weighted by atomic mass is 32.2. The molecular formula is C13H15NO3S. The van der Waals surface area contributed by atoms with E-state index in [1.807, 2.05) is 31.2 Å². The van der Waals surface area contributed by atoms with Crippen molar-refractivity contribution in [2.75, 3.05) is 11.1 Å². The standard InChI is InChI=1S/C13H15NO3S/c1-2-18-11-6-4-3-5-10(11)14-12(15)8-7-9(8)13(16)17/h3-6,8-9H,2,7H2,1H3,(H,14,15)(H,16,17). The number of anilines is 1. The lowest BCUT2D eigenvalue weighted by molar-refractivity contribution is -0.139. The number of carbonyl (C=O) groups is 2. The van der Waals surface area contributed by atoms with Crippen molar-refractivity contribution in [1.82, 2.24) is 0 Å². The van der Waals surface area contributed by atoms with Gasteiger partial charge in [-0.2, -0.15) is 0 Å². The molecule has 0 aromatic heterocycles. The van der Waals surface area contributed by atoms with Crippen LogP contribution in [0.1, 0.15) is 13.3 Å². The molecule has 1 saturated carbocycles. The first-order valence-electron chi connectivity index (χ1n) is 5.89. The van der Waals surface area contributed by atoms with Gasteiger partial charge in [-0.15, -0.1) is 11.8 Å². The third-order valence-electron chi connectivity index (χ3n) is 2.89. The number of para-hydroxylation sites is 1. The van der Waals surface area contributed by atoms with Crippen LogP contribution in [-0.4, -0.2) is 22.7 Å². The molecule has 0 spiro atoms. The molecule has 1 aromatic carbocycles. The lowest BCUT2D eigenvalue weighted by atomic mass is 10.2. The van der Waals surface area contributed by atoms with Gasteiger partial charge in [-0.05, 0) is 24.3 Å². The van der Waals surface area contributed by atoms with Crippen LogP contribution in [0.4, 0.5) is 5.69 Å². The van der Waals surface area contributed by atoms with Gasteiger partial charge in [0.1, 0.15) is 0 Å². The van der Waals surface area contributed by atoms with E-state index >= 15 is 0 Å². The van der Waals surface area contributed by atoms with E-state index < -0.39 is 11.9 Å². The van der Waals surface area contributed by atoms with Crippen LogP contribution in [0.2, 0.25) is 0 Å². The number of rotatable bonds is 5. The molecule has 2 rings (SSSR count). The predicted molar refractivity (Wildman–Crippen MR) is 70.7 cm³/mol. The predicted octanol–water partition coefficient (Wildman–Crippen LogP) is 2.46. The summed E-state index contributed by atoms with van der Waals surface area (Å²) in [6.07, 6.45) is 0.449. The van der Waals surface area contributed by atoms with Gasteiger partial charge in [0.25, 0.3) is 0 Å². The molecule has 2 unspecified atom stereocenters. The molecule has 1 aliphatic carbocycles. The monoisotopic (exact) mass is 265 g/mol. The molecule has 2 N–H and O–H groups in total. The maximum atomic E-state index is 11.9. The summed E-state index contributed by atoms with van der Waals surface area (Å²) >= 11 is 1.65. The van der Waals surface area contributed by atoms with Gasteiger partial charge in [0, 0.05) is 4.90 Å². The maximum Gasteiger partial charge on any atom is 0.307 e. The molecule has 1 aliphatic rings. The molecule has 96 valence electrons. The van der Waals surface area contributed by atoms with Crippen LogP contribution in [0, 0.1) is 11.8 Å². The second-order valence-electron chi connectivity index (χ2n) is 4.21. The fraction of sp³-hybridized carbons (Fsp3) is 0.385. The minimum absolute atomic E-state index is 0.188. The highest BCUT2D eigenvalue weighted by Gasteiger charge is 2.48. The number of hydrogen-bond acceptors (Lipinski definition) is 3. The number of carboxylic acids is 1. The molecule has 1 amide bonds. The Morgan fingerprint density at radius 1 is 1.39 bits per heavy atom. The first-order valence-corrected chi connectivity index (χ1v) is 6.87. The molecule has 1 fully saturated rings. The number of benzene rings is 1. The Morgan fingerprint density at radius 3 is 2.72 bits per heavy atom. The molecule has 4 nitrogen and oxygen atoms in total. The lowest BCUT2D eigenvalue weighted by Gasteiger charge is -2.09. The van der Waals surface area contributed by atoms with Gasteiger partial charge in [-0.3, -0.25) is 9.59 Å². The second kappa shape index (κ2) is 5.44. The largest absolute Gasteiger partial charge is 0.481 e. The van der Waals surface area contributed by atoms with E-state index in [2.05, 4.69) is 5.32 Å². The zero-order valence-electron chi connectivity index (χ0n) is 10.1. The summed E-state index contributed by atoms with van der Waals surface area (Å²) < 4.78 is 0. The van der Waals surface area contributed by atoms with E-state index in [1.165, 1.54) is 0 Å². The van der Waals surface area contributed by atoms with Crippen molar-refractivity contribution in [3.63, 3.8) is 0 Å². The number of carbonyl (C=O) groups excluding carboxylic acids is 1. The maximum absolute atomic E-state index is 11.9. The summed E-state index contributed by atoms with van der Waals surface area (Å²) in [6.45, 7) is 2.05. The Hall–Kier alpha value is -1.49. The van der Waals surface area contributed by atoms with Crippen LogP contribution < -0.4 is 5.32 Å². The average molecular weight is 265 g/mol. The summed E-state index contributed by atoms with van der Waals surface area (Å²) in [5.74, 6) is -1.02. The van der Waals surface area contributed by atoms with Crippen molar-refractivity contribution >= 4 is 29.3 Å². The van der Waals surface area contributed by atoms with Crippen molar-refractivity contribution in [3.05, 3.63) is 24.3 Å². The Morgan fingerprint density at radius 2 is 2.11 bits per heavy atom. The molecule has 0 aliphatic heterocycles. The highest BCUT2D eigenvalue weighted by Crippen LogP contribution is 2.40. The van der Waals surface area contributed by atoms with E-state index in [0.717, 1.165) is 16.3 Å². The zero-order chi connectivity index (χ0) is 13.1. The number of thioether (sulfide) groups is 1. The van der Waals surface area contributed by atoms with Crippen LogP contribution in [0.5, 0.6) is 0 Å². The van der Waals surface area contributed by atoms with Gasteiger partial charge < -0.3 is 10.4 Å². The molecule has 0 radical (unpaired) electrons. The molecular weight excluding hydrogens is 250 g/mol. The Kier molecular flexibility index (Phi) is 3.91. The molecule has 18 heavy (non-hydrogen) atoms. The van der Waals surface area contributed by atoms with Gasteiger partial charge in [0.2, 0.25) is 5.91 Å². The first kappa shape index (κ1) is 13.0. The summed E-state index contributed by atoms with van der Waals surface area (Å²) in [7, 11) is 0. The van der Waals surface area contributed by atoms with Crippen molar-refractivity contribution < 1.29 is 14.7 Å². The zero-order valence-corrected chi connectivity index (χ0v) is 10.9. The third kappa shape index (κ3) is 2.85. The second-order valence-corrected chi connectivity index (χ2v) is 5.51. The number of nitrogens with one attached hydrogen (secondary N) is 1. The highest BCUT2D eigenvalue weighted by molar-refractivity contribution is 7.99. The van der Waals surface area contributed by atoms with Gasteiger partial charge >= 0.3 is 5.97 Å². The molecule has 2 atom stereocenters. The summed E-state index contributed by atoms with van der Waals surface area (Å²) in [5.41, 5.74) is 0.769. The third-order valence-corrected chi connectivity index (χ3v) is 3.84. The molecule has 0 saturated heterocycles. The topological polar surface area (TPSA) is 66.4 Å². The van der Waals surface area contributed by atoms with E-state index in [1.54, 1.807) is 11.8 Å². The van der Waals surface area contributed by atoms with Gasteiger partial charge in [0.05, 0.1) is 17.5 Å². The fourth-order valence-corrected chi connectivity index (χ4v) is 2.59. The molecule has 0 bridgehead atoms. The first-order chi connectivity index (χ1) is 8.63. The van der Waals surface area contributed by atoms with Gasteiger partial charge in [-0.25, -0.2) is 0 Å². The number of aliphatic carboxylic acids is 1. The number of hydrogen-bond donors (Lipinski definition) is 2. The summed E-state index contributed by atoms with van der Waals surface area (Å²) in [5, 5.41) is 11.6. The van der Waals surface area contributed by atoms with Crippen LogP contribution in [0.25, 0.3) is 0 Å². The summed E-state index contributed by atoms with van der Waals surface area (Å²) in [4.78, 5) is 23.6.